The number of carboxylic acids is 4. The predicted molar refractivity (Wildman–Crippen MR) is 131 cm³/mol. The Morgan fingerprint density at radius 1 is 0.757 bits per heavy atom. The molecule has 0 fully saturated rings. The number of hydrogen-bond donors (Lipinski definition) is 5. The minimum absolute atomic E-state index is 0. The summed E-state index contributed by atoms with van der Waals surface area (Å²) >= 11 is 0. The van der Waals surface area contributed by atoms with Crippen LogP contribution in [-0.4, -0.2) is 117 Å². The third-order valence-corrected chi connectivity index (χ3v) is 4.39. The Hall–Kier alpha value is -3.09. The highest BCUT2D eigenvalue weighted by atomic mass is 35.5. The van der Waals surface area contributed by atoms with E-state index in [0.717, 1.165) is 0 Å². The third kappa shape index (κ3) is 13.1. The van der Waals surface area contributed by atoms with Gasteiger partial charge in [0.15, 0.2) is 0 Å². The maximum Gasteiger partial charge on any atom is 0.317 e. The van der Waals surface area contributed by atoms with Gasteiger partial charge in [-0.2, -0.15) is 0 Å². The molecule has 1 unspecified atom stereocenters. The summed E-state index contributed by atoms with van der Waals surface area (Å²) in [7, 11) is 0. The van der Waals surface area contributed by atoms with E-state index in [0.29, 0.717) is 11.4 Å². The van der Waals surface area contributed by atoms with E-state index in [1.165, 1.54) is 31.6 Å². The maximum atomic E-state index is 10.9. The number of hydrogen-bond acceptors (Lipinski definition) is 11. The Labute approximate surface area is 228 Å². The van der Waals surface area contributed by atoms with E-state index in [-0.39, 0.29) is 63.4 Å². The summed E-state index contributed by atoms with van der Waals surface area (Å²) in [6, 6.07) is -0.433. The lowest BCUT2D eigenvalue weighted by Crippen LogP contribution is -2.34. The average molecular weight is 593 g/mol. The lowest BCUT2D eigenvalue weighted by Gasteiger charge is -2.16. The van der Waals surface area contributed by atoms with Gasteiger partial charge in [0.25, 0.3) is 0 Å². The second kappa shape index (κ2) is 17.4. The van der Waals surface area contributed by atoms with Crippen LogP contribution in [0, 0.1) is 0 Å². The molecule has 210 valence electrons. The van der Waals surface area contributed by atoms with Crippen molar-refractivity contribution in [1.29, 1.82) is 0 Å². The zero-order chi connectivity index (χ0) is 25.3. The molecule has 37 heavy (non-hydrogen) atoms. The number of nitrogens with zero attached hydrogens (tertiary/aromatic N) is 8. The van der Waals surface area contributed by atoms with Gasteiger partial charge in [0, 0.05) is 25.8 Å². The molecule has 0 saturated heterocycles. The van der Waals surface area contributed by atoms with Crippen molar-refractivity contribution in [3.63, 3.8) is 0 Å². The average Bonchev–Trinajstić information content (AvgIpc) is 3.33. The minimum atomic E-state index is -1.18. The lowest BCUT2D eigenvalue weighted by molar-refractivity contribution is -0.144. The van der Waals surface area contributed by atoms with Crippen LogP contribution in [0.1, 0.15) is 17.4 Å². The van der Waals surface area contributed by atoms with Crippen molar-refractivity contribution < 1.29 is 39.6 Å². The Balaban J connectivity index is 0. The molecule has 0 aromatic carbocycles. The quantitative estimate of drug-likeness (QED) is 0.145. The fraction of sp³-hybridized carbons (Fsp3) is 0.529. The maximum absolute atomic E-state index is 10.9. The summed E-state index contributed by atoms with van der Waals surface area (Å²) in [6.07, 6.45) is 3.05. The summed E-state index contributed by atoms with van der Waals surface area (Å²) in [4.78, 5) is 46.1. The van der Waals surface area contributed by atoms with E-state index in [2.05, 4.69) is 20.6 Å². The van der Waals surface area contributed by atoms with Crippen LogP contribution < -0.4 is 5.73 Å². The molecule has 0 spiro atoms. The van der Waals surface area contributed by atoms with Gasteiger partial charge in [0.1, 0.15) is 0 Å². The molecule has 6 N–H and O–H groups in total. The molecule has 0 saturated carbocycles. The number of aliphatic carboxylic acids is 4. The SMILES string of the molecule is Cl.Cl.Cl.NCC(Cn1cc(CN(CC(=O)O)CC(=O)O)nn1)n1cc(CN(CC(=O)O)CC(=O)O)nn1. The standard InChI is InChI=1S/C17H25N9O8.3ClH/c18-1-13(26-5-12(20-22-26)3-24(9-16(31)32)10-17(33)34)6-25-4-11(19-21-25)2-23(7-14(27)28)8-15(29)30;;;/h4-5,13H,1-3,6-10,18H2,(H,27,28)(H,29,30)(H,31,32)(H,33,34);3*1H. The van der Waals surface area contributed by atoms with E-state index in [1.54, 1.807) is 0 Å². The van der Waals surface area contributed by atoms with E-state index in [4.69, 9.17) is 26.2 Å². The Morgan fingerprint density at radius 2 is 1.16 bits per heavy atom. The second-order valence-corrected chi connectivity index (χ2v) is 7.38. The molecule has 0 amide bonds. The molecular formula is C17H28Cl3N9O8. The molecule has 2 heterocycles. The van der Waals surface area contributed by atoms with Gasteiger partial charge in [0.2, 0.25) is 0 Å². The van der Waals surface area contributed by atoms with E-state index in [9.17, 15) is 19.2 Å². The first kappa shape index (κ1) is 36.1. The molecule has 20 heteroatoms. The van der Waals surface area contributed by atoms with Gasteiger partial charge in [-0.15, -0.1) is 47.4 Å². The summed E-state index contributed by atoms with van der Waals surface area (Å²) in [5.74, 6) is -4.71. The van der Waals surface area contributed by atoms with Gasteiger partial charge in [-0.05, 0) is 0 Å². The van der Waals surface area contributed by atoms with E-state index >= 15 is 0 Å². The van der Waals surface area contributed by atoms with Crippen LogP contribution in [0.2, 0.25) is 0 Å². The first-order valence-electron chi connectivity index (χ1n) is 9.87. The van der Waals surface area contributed by atoms with E-state index < -0.39 is 56.1 Å². The molecule has 17 nitrogen and oxygen atoms in total. The summed E-state index contributed by atoms with van der Waals surface area (Å²) in [5, 5.41) is 51.6. The van der Waals surface area contributed by atoms with Gasteiger partial charge in [-0.25, -0.2) is 4.68 Å². The van der Waals surface area contributed by atoms with Crippen LogP contribution in [0.15, 0.2) is 12.4 Å². The van der Waals surface area contributed by atoms with Crippen molar-refractivity contribution in [2.24, 2.45) is 5.73 Å². The number of aromatic nitrogens is 6. The highest BCUT2D eigenvalue weighted by molar-refractivity contribution is 5.86. The number of rotatable bonds is 16. The molecule has 0 aliphatic heterocycles. The molecule has 2 rings (SSSR count). The van der Waals surface area contributed by atoms with Crippen molar-refractivity contribution in [2.45, 2.75) is 25.7 Å². The van der Waals surface area contributed by atoms with Gasteiger partial charge in [-0.3, -0.25) is 33.7 Å². The molecule has 1 atom stereocenters. The highest BCUT2D eigenvalue weighted by Crippen LogP contribution is 2.10. The zero-order valence-electron chi connectivity index (χ0n) is 19.2. The van der Waals surface area contributed by atoms with Crippen LogP contribution in [0.25, 0.3) is 0 Å². The fourth-order valence-corrected chi connectivity index (χ4v) is 3.11. The van der Waals surface area contributed by atoms with Gasteiger partial charge in [-0.1, -0.05) is 10.4 Å². The number of carboxylic acid groups (broad SMARTS) is 4. The van der Waals surface area contributed by atoms with Crippen molar-refractivity contribution in [3.05, 3.63) is 23.8 Å². The first-order chi connectivity index (χ1) is 16.0. The molecule has 0 aliphatic rings. The largest absolute Gasteiger partial charge is 0.480 e. The number of carbonyl (C=O) groups is 4. The molecule has 2 aromatic rings. The predicted octanol–water partition coefficient (Wildman–Crippen LogP) is -1.72. The molecule has 0 bridgehead atoms. The van der Waals surface area contributed by atoms with Crippen LogP contribution in [0.5, 0.6) is 0 Å². The lowest BCUT2D eigenvalue weighted by atomic mass is 10.3. The molecule has 2 aromatic heterocycles. The van der Waals surface area contributed by atoms with Gasteiger partial charge < -0.3 is 26.2 Å². The van der Waals surface area contributed by atoms with Crippen molar-refractivity contribution in [2.75, 3.05) is 32.7 Å². The highest BCUT2D eigenvalue weighted by Gasteiger charge is 2.19. The van der Waals surface area contributed by atoms with Crippen LogP contribution in [0.3, 0.4) is 0 Å². The molecule has 0 aliphatic carbocycles. The van der Waals surface area contributed by atoms with Crippen molar-refractivity contribution in [1.82, 2.24) is 39.8 Å². The summed E-state index contributed by atoms with van der Waals surface area (Å²) < 4.78 is 2.88. The van der Waals surface area contributed by atoms with Crippen molar-refractivity contribution in [3.8, 4) is 0 Å². The Bertz CT molecular complexity index is 990. The van der Waals surface area contributed by atoms with Gasteiger partial charge >= 0.3 is 23.9 Å². The number of halogens is 3. The third-order valence-electron chi connectivity index (χ3n) is 4.39. The summed E-state index contributed by atoms with van der Waals surface area (Å²) in [5.41, 5.74) is 6.54. The Kier molecular flexibility index (Phi) is 16.9. The van der Waals surface area contributed by atoms with Crippen molar-refractivity contribution >= 4 is 61.1 Å². The summed E-state index contributed by atoms with van der Waals surface area (Å²) in [6.45, 7) is -1.69. The topological polar surface area (TPSA) is 243 Å². The monoisotopic (exact) mass is 591 g/mol. The van der Waals surface area contributed by atoms with Crippen LogP contribution in [0.4, 0.5) is 0 Å². The normalized spacial score (nSPS) is 11.2. The number of nitrogens with two attached hydrogens (primary N) is 1. The molecular weight excluding hydrogens is 565 g/mol. The van der Waals surface area contributed by atoms with Crippen LogP contribution in [-0.2, 0) is 38.8 Å². The Morgan fingerprint density at radius 3 is 1.57 bits per heavy atom. The zero-order valence-corrected chi connectivity index (χ0v) is 21.6. The minimum Gasteiger partial charge on any atom is -0.480 e. The second-order valence-electron chi connectivity index (χ2n) is 7.38. The smallest absolute Gasteiger partial charge is 0.317 e. The van der Waals surface area contributed by atoms with E-state index in [1.807, 2.05) is 0 Å². The van der Waals surface area contributed by atoms with Gasteiger partial charge in [0.05, 0.1) is 56.4 Å². The first-order valence-corrected chi connectivity index (χ1v) is 9.87. The molecule has 0 radical (unpaired) electrons. The van der Waals surface area contributed by atoms with Crippen LogP contribution >= 0.6 is 37.2 Å². The fourth-order valence-electron chi connectivity index (χ4n) is 3.11.